The summed E-state index contributed by atoms with van der Waals surface area (Å²) in [6, 6.07) is 1.78. The van der Waals surface area contributed by atoms with Gasteiger partial charge in [-0.15, -0.1) is 0 Å². The number of rotatable bonds is 1. The van der Waals surface area contributed by atoms with E-state index in [4.69, 9.17) is 0 Å². The second kappa shape index (κ2) is 2.52. The van der Waals surface area contributed by atoms with Crippen LogP contribution in [0.2, 0.25) is 0 Å². The van der Waals surface area contributed by atoms with E-state index in [0.29, 0.717) is 5.56 Å². The van der Waals surface area contributed by atoms with Gasteiger partial charge in [-0.05, 0) is 6.07 Å². The minimum atomic E-state index is -0.257. The van der Waals surface area contributed by atoms with Crippen molar-refractivity contribution < 1.29 is 9.53 Å². The number of esters is 1. The third-order valence-electron chi connectivity index (χ3n) is 2.01. The smallest absolute Gasteiger partial charge is 0.339 e. The molecule has 1 aliphatic rings. The number of carbonyl (C=O) groups excluding carboxylic acids is 1. The van der Waals surface area contributed by atoms with Gasteiger partial charge in [0.15, 0.2) is 0 Å². The average molecular weight is 163 g/mol. The number of hydrogen-bond acceptors (Lipinski definition) is 2. The van der Waals surface area contributed by atoms with Crippen LogP contribution in [0.4, 0.5) is 0 Å². The lowest BCUT2D eigenvalue weighted by molar-refractivity contribution is 0.0600. The van der Waals surface area contributed by atoms with E-state index in [0.717, 1.165) is 12.1 Å². The molecule has 0 amide bonds. The van der Waals surface area contributed by atoms with E-state index in [2.05, 4.69) is 4.74 Å². The van der Waals surface area contributed by atoms with Crippen LogP contribution in [0.5, 0.6) is 0 Å². The highest BCUT2D eigenvalue weighted by molar-refractivity contribution is 5.91. The third kappa shape index (κ3) is 0.863. The molecule has 0 saturated heterocycles. The fraction of sp³-hybridized carbons (Fsp3) is 0.222. The Morgan fingerprint density at radius 1 is 1.67 bits per heavy atom. The van der Waals surface area contributed by atoms with Gasteiger partial charge >= 0.3 is 5.97 Å². The van der Waals surface area contributed by atoms with Crippen LogP contribution in [0.25, 0.3) is 6.20 Å². The summed E-state index contributed by atoms with van der Waals surface area (Å²) in [5.41, 5.74) is 1.68. The highest BCUT2D eigenvalue weighted by Crippen LogP contribution is 2.18. The molecule has 0 N–H and O–H groups in total. The SMILES string of the molecule is COC(=O)c1ccn2c1CC=C2. The Kier molecular flexibility index (Phi) is 1.50. The maximum absolute atomic E-state index is 11.2. The lowest BCUT2D eigenvalue weighted by Crippen LogP contribution is -2.03. The third-order valence-corrected chi connectivity index (χ3v) is 2.01. The van der Waals surface area contributed by atoms with Crippen LogP contribution >= 0.6 is 0 Å². The Labute approximate surface area is 70.3 Å². The summed E-state index contributed by atoms with van der Waals surface area (Å²) in [5.74, 6) is -0.257. The van der Waals surface area contributed by atoms with E-state index in [1.807, 2.05) is 23.0 Å². The van der Waals surface area contributed by atoms with Gasteiger partial charge in [0.2, 0.25) is 0 Å². The Hall–Kier alpha value is -1.51. The molecule has 1 aromatic heterocycles. The number of hydrogen-bond donors (Lipinski definition) is 0. The summed E-state index contributed by atoms with van der Waals surface area (Å²) in [6.07, 6.45) is 6.64. The van der Waals surface area contributed by atoms with E-state index >= 15 is 0 Å². The molecule has 62 valence electrons. The summed E-state index contributed by atoms with van der Waals surface area (Å²) >= 11 is 0. The second-order valence-electron chi connectivity index (χ2n) is 2.66. The molecule has 1 aliphatic heterocycles. The highest BCUT2D eigenvalue weighted by atomic mass is 16.5. The van der Waals surface area contributed by atoms with E-state index in [-0.39, 0.29) is 5.97 Å². The predicted octanol–water partition coefficient (Wildman–Crippen LogP) is 1.30. The van der Waals surface area contributed by atoms with Gasteiger partial charge < -0.3 is 9.30 Å². The zero-order valence-corrected chi connectivity index (χ0v) is 6.78. The first kappa shape index (κ1) is 7.16. The average Bonchev–Trinajstić information content (AvgIpc) is 2.62. The van der Waals surface area contributed by atoms with Gasteiger partial charge in [-0.3, -0.25) is 0 Å². The van der Waals surface area contributed by atoms with Crippen LogP contribution < -0.4 is 0 Å². The molecule has 3 heteroatoms. The molecule has 3 nitrogen and oxygen atoms in total. The molecule has 2 rings (SSSR count). The first-order valence-corrected chi connectivity index (χ1v) is 3.77. The van der Waals surface area contributed by atoms with Crippen molar-refractivity contribution in [1.82, 2.24) is 4.57 Å². The number of carbonyl (C=O) groups is 1. The largest absolute Gasteiger partial charge is 0.465 e. The Morgan fingerprint density at radius 2 is 2.50 bits per heavy atom. The number of fused-ring (bicyclic) bond motifs is 1. The molecule has 0 atom stereocenters. The molecule has 0 unspecified atom stereocenters. The number of aromatic nitrogens is 1. The van der Waals surface area contributed by atoms with Gasteiger partial charge in [-0.2, -0.15) is 0 Å². The van der Waals surface area contributed by atoms with E-state index in [1.165, 1.54) is 7.11 Å². The number of ether oxygens (including phenoxy) is 1. The molecule has 0 fully saturated rings. The minimum Gasteiger partial charge on any atom is -0.465 e. The van der Waals surface area contributed by atoms with Gasteiger partial charge in [0.05, 0.1) is 12.7 Å². The van der Waals surface area contributed by atoms with Crippen molar-refractivity contribution >= 4 is 12.2 Å². The van der Waals surface area contributed by atoms with Crippen molar-refractivity contribution in [2.45, 2.75) is 6.42 Å². The molecule has 2 heterocycles. The summed E-state index contributed by atoms with van der Waals surface area (Å²) < 4.78 is 6.58. The van der Waals surface area contributed by atoms with E-state index < -0.39 is 0 Å². The molecular weight excluding hydrogens is 154 g/mol. The maximum atomic E-state index is 11.2. The Morgan fingerprint density at radius 3 is 3.25 bits per heavy atom. The van der Waals surface area contributed by atoms with E-state index in [9.17, 15) is 4.79 Å². The highest BCUT2D eigenvalue weighted by Gasteiger charge is 2.16. The van der Waals surface area contributed by atoms with Crippen LogP contribution in [0.1, 0.15) is 16.1 Å². The zero-order chi connectivity index (χ0) is 8.55. The van der Waals surface area contributed by atoms with Crippen LogP contribution in [-0.4, -0.2) is 17.6 Å². The Balaban J connectivity index is 2.42. The van der Waals surface area contributed by atoms with Crippen molar-refractivity contribution in [3.8, 4) is 0 Å². The maximum Gasteiger partial charge on any atom is 0.339 e. The first-order chi connectivity index (χ1) is 5.83. The topological polar surface area (TPSA) is 31.2 Å². The predicted molar refractivity (Wildman–Crippen MR) is 44.8 cm³/mol. The molecule has 0 bridgehead atoms. The van der Waals surface area contributed by atoms with Gasteiger partial charge in [0, 0.05) is 24.5 Å². The van der Waals surface area contributed by atoms with Gasteiger partial charge in [-0.1, -0.05) is 6.08 Å². The Bertz CT molecular complexity index is 349. The van der Waals surface area contributed by atoms with Crippen molar-refractivity contribution in [1.29, 1.82) is 0 Å². The van der Waals surface area contributed by atoms with Crippen molar-refractivity contribution in [3.63, 3.8) is 0 Å². The molecule has 0 radical (unpaired) electrons. The number of nitrogens with zero attached hydrogens (tertiary/aromatic N) is 1. The standard InChI is InChI=1S/C9H9NO2/c1-12-9(11)7-4-6-10-5-2-3-8(7)10/h2,4-6H,3H2,1H3. The summed E-state index contributed by atoms with van der Waals surface area (Å²) in [4.78, 5) is 11.2. The number of methoxy groups -OCH3 is 1. The van der Waals surface area contributed by atoms with Gasteiger partial charge in [-0.25, -0.2) is 4.79 Å². The van der Waals surface area contributed by atoms with Gasteiger partial charge in [0.1, 0.15) is 0 Å². The second-order valence-corrected chi connectivity index (χ2v) is 2.66. The molecule has 0 aliphatic carbocycles. The summed E-state index contributed by atoms with van der Waals surface area (Å²) in [7, 11) is 1.40. The van der Waals surface area contributed by atoms with Crippen molar-refractivity contribution in [2.75, 3.05) is 7.11 Å². The van der Waals surface area contributed by atoms with Crippen LogP contribution in [0.3, 0.4) is 0 Å². The molecule has 0 aromatic carbocycles. The molecule has 1 aromatic rings. The summed E-state index contributed by atoms with van der Waals surface area (Å²) in [5, 5.41) is 0. The first-order valence-electron chi connectivity index (χ1n) is 3.77. The van der Waals surface area contributed by atoms with Crippen LogP contribution in [0, 0.1) is 0 Å². The van der Waals surface area contributed by atoms with Gasteiger partial charge in [0.25, 0.3) is 0 Å². The fourth-order valence-corrected chi connectivity index (χ4v) is 1.41. The monoisotopic (exact) mass is 163 g/mol. The quantitative estimate of drug-likeness (QED) is 0.584. The van der Waals surface area contributed by atoms with Crippen LogP contribution in [-0.2, 0) is 11.2 Å². The summed E-state index contributed by atoms with van der Waals surface area (Å²) in [6.45, 7) is 0. The van der Waals surface area contributed by atoms with E-state index in [1.54, 1.807) is 6.07 Å². The molecule has 0 saturated carbocycles. The lowest BCUT2D eigenvalue weighted by atomic mass is 10.2. The molecule has 12 heavy (non-hydrogen) atoms. The normalized spacial score (nSPS) is 13.1. The van der Waals surface area contributed by atoms with Crippen molar-refractivity contribution in [2.24, 2.45) is 0 Å². The number of allylic oxidation sites excluding steroid dienone is 1. The van der Waals surface area contributed by atoms with Crippen molar-refractivity contribution in [3.05, 3.63) is 29.6 Å². The molecule has 0 spiro atoms. The fourth-order valence-electron chi connectivity index (χ4n) is 1.41. The van der Waals surface area contributed by atoms with Crippen LogP contribution in [0.15, 0.2) is 18.3 Å². The zero-order valence-electron chi connectivity index (χ0n) is 6.78. The minimum absolute atomic E-state index is 0.257. The molecular formula is C9H9NO2. The lowest BCUT2D eigenvalue weighted by Gasteiger charge is -1.98.